The first-order valence-corrected chi connectivity index (χ1v) is 11.0. The van der Waals surface area contributed by atoms with E-state index in [1.165, 1.54) is 0 Å². The summed E-state index contributed by atoms with van der Waals surface area (Å²) in [5, 5.41) is 9.89. The highest BCUT2D eigenvalue weighted by molar-refractivity contribution is 6.08. The number of fused-ring (bicyclic) bond motifs is 1. The predicted octanol–water partition coefficient (Wildman–Crippen LogP) is 5.85. The van der Waals surface area contributed by atoms with E-state index in [2.05, 4.69) is 71.1 Å². The minimum Gasteiger partial charge on any atom is -0.497 e. The highest BCUT2D eigenvalue weighted by Gasteiger charge is 2.32. The van der Waals surface area contributed by atoms with E-state index in [9.17, 15) is 4.79 Å². The molecule has 1 amide bonds. The van der Waals surface area contributed by atoms with Crippen molar-refractivity contribution in [3.05, 3.63) is 41.7 Å². The Morgan fingerprint density at radius 3 is 2.22 bits per heavy atom. The van der Waals surface area contributed by atoms with Gasteiger partial charge in [0.05, 0.1) is 12.8 Å². The number of rotatable bonds is 6. The third-order valence-electron chi connectivity index (χ3n) is 5.19. The van der Waals surface area contributed by atoms with E-state index in [1.807, 2.05) is 28.8 Å². The third-order valence-corrected chi connectivity index (χ3v) is 5.19. The van der Waals surface area contributed by atoms with Gasteiger partial charge in [-0.3, -0.25) is 9.89 Å². The number of carbonyl (C=O) groups excluding carboxylic acids is 1. The van der Waals surface area contributed by atoms with Gasteiger partial charge >= 0.3 is 0 Å². The zero-order chi connectivity index (χ0) is 23.9. The van der Waals surface area contributed by atoms with E-state index in [4.69, 9.17) is 9.72 Å². The van der Waals surface area contributed by atoms with Gasteiger partial charge in [0, 0.05) is 22.8 Å². The fraction of sp³-hybridized carbons (Fsp3) is 0.520. The van der Waals surface area contributed by atoms with Crippen LogP contribution in [-0.2, 0) is 5.41 Å². The molecule has 0 saturated carbocycles. The van der Waals surface area contributed by atoms with E-state index in [0.717, 1.165) is 23.7 Å². The van der Waals surface area contributed by atoms with Gasteiger partial charge in [-0.25, -0.2) is 9.50 Å². The molecule has 0 aliphatic carbocycles. The lowest BCUT2D eigenvalue weighted by atomic mass is 9.81. The molecule has 0 radical (unpaired) electrons. The van der Waals surface area contributed by atoms with Gasteiger partial charge in [-0.2, -0.15) is 0 Å². The Bertz CT molecular complexity index is 1090. The Balaban J connectivity index is 1.98. The summed E-state index contributed by atoms with van der Waals surface area (Å²) in [6.07, 6.45) is 2.68. The van der Waals surface area contributed by atoms with Crippen LogP contribution < -0.4 is 15.4 Å². The van der Waals surface area contributed by atoms with Crippen molar-refractivity contribution in [3.8, 4) is 5.75 Å². The van der Waals surface area contributed by atoms with Crippen molar-refractivity contribution in [1.29, 1.82) is 0 Å². The number of methoxy groups -OCH3 is 1. The average molecular weight is 440 g/mol. The summed E-state index contributed by atoms with van der Waals surface area (Å²) in [5.74, 6) is 1.42. The van der Waals surface area contributed by atoms with Crippen molar-refractivity contribution in [2.45, 2.75) is 72.8 Å². The number of benzene rings is 1. The van der Waals surface area contributed by atoms with E-state index in [-0.39, 0.29) is 22.3 Å². The summed E-state index contributed by atoms with van der Waals surface area (Å²) in [6, 6.07) is 7.26. The Labute approximate surface area is 190 Å². The summed E-state index contributed by atoms with van der Waals surface area (Å²) in [4.78, 5) is 18.0. The molecule has 0 fully saturated rings. The molecule has 174 valence electrons. The van der Waals surface area contributed by atoms with Crippen LogP contribution in [0, 0.1) is 5.41 Å². The fourth-order valence-electron chi connectivity index (χ4n) is 4.29. The zero-order valence-electron chi connectivity index (χ0n) is 20.8. The molecule has 2 aromatic heterocycles. The van der Waals surface area contributed by atoms with E-state index >= 15 is 0 Å². The van der Waals surface area contributed by atoms with Crippen LogP contribution in [0.1, 0.15) is 77.9 Å². The molecule has 7 nitrogen and oxygen atoms in total. The second-order valence-electron chi connectivity index (χ2n) is 11.3. The number of carbonyl (C=O) groups is 1. The smallest absolute Gasteiger partial charge is 0.261 e. The van der Waals surface area contributed by atoms with E-state index in [1.54, 1.807) is 13.3 Å². The lowest BCUT2D eigenvalue weighted by Crippen LogP contribution is -2.36. The molecule has 0 saturated heterocycles. The molecule has 32 heavy (non-hydrogen) atoms. The number of nitrogens with zero attached hydrogens (tertiary/aromatic N) is 2. The lowest BCUT2D eigenvalue weighted by molar-refractivity contribution is 0.102. The number of imidazole rings is 1. The maximum Gasteiger partial charge on any atom is 0.261 e. The molecule has 0 spiro atoms. The van der Waals surface area contributed by atoms with Crippen LogP contribution in [0.5, 0.6) is 5.75 Å². The number of amides is 1. The molecule has 0 aliphatic rings. The van der Waals surface area contributed by atoms with Crippen molar-refractivity contribution in [2.24, 2.45) is 5.41 Å². The van der Waals surface area contributed by atoms with Gasteiger partial charge in [-0.05, 0) is 49.9 Å². The van der Waals surface area contributed by atoms with Gasteiger partial charge in [-0.1, -0.05) is 41.5 Å². The molecule has 7 heteroatoms. The summed E-state index contributed by atoms with van der Waals surface area (Å²) < 4.78 is 7.07. The number of anilines is 2. The molecular weight excluding hydrogens is 402 g/mol. The lowest BCUT2D eigenvalue weighted by Gasteiger charge is -2.34. The van der Waals surface area contributed by atoms with Gasteiger partial charge in [0.25, 0.3) is 5.91 Å². The number of ether oxygens (including phenoxy) is 1. The monoisotopic (exact) mass is 439 g/mol. The number of hydrogen-bond donors (Lipinski definition) is 3. The third kappa shape index (κ3) is 5.26. The standard InChI is InChI=1S/C25H37N5O2/c1-23(2,3)15-25(7,8)29-21-19(24(4,5)6)28-20-18(14-26-30(20)21)22(31)27-16-10-12-17(32-9)13-11-16/h10-14,26,29H,15H2,1-9H3,(H,27,31). The second kappa shape index (κ2) is 8.19. The van der Waals surface area contributed by atoms with Crippen molar-refractivity contribution < 1.29 is 9.53 Å². The van der Waals surface area contributed by atoms with Crippen LogP contribution >= 0.6 is 0 Å². The van der Waals surface area contributed by atoms with Gasteiger partial charge in [0.15, 0.2) is 11.5 Å². The van der Waals surface area contributed by atoms with Gasteiger partial charge in [-0.15, -0.1) is 0 Å². The SMILES string of the molecule is COc1ccc(NC(=O)c2c[nH]n3c(NC(C)(C)CC(C)(C)C)c(C(C)(C)C)nc23)cc1. The summed E-state index contributed by atoms with van der Waals surface area (Å²) in [6.45, 7) is 17.5. The molecule has 0 atom stereocenters. The van der Waals surface area contributed by atoms with Crippen molar-refractivity contribution in [3.63, 3.8) is 0 Å². The van der Waals surface area contributed by atoms with Crippen molar-refractivity contribution >= 4 is 23.1 Å². The van der Waals surface area contributed by atoms with Crippen LogP contribution in [0.25, 0.3) is 5.65 Å². The predicted molar refractivity (Wildman–Crippen MR) is 131 cm³/mol. The Hall–Kier alpha value is -2.96. The summed E-state index contributed by atoms with van der Waals surface area (Å²) >= 11 is 0. The van der Waals surface area contributed by atoms with Gasteiger partial charge < -0.3 is 15.4 Å². The number of aromatic amines is 1. The molecule has 2 heterocycles. The second-order valence-corrected chi connectivity index (χ2v) is 11.3. The number of H-pyrrole nitrogens is 1. The number of nitrogens with one attached hydrogen (secondary N) is 3. The molecule has 3 aromatic rings. The minimum absolute atomic E-state index is 0.162. The van der Waals surface area contributed by atoms with Gasteiger partial charge in [0.2, 0.25) is 0 Å². The van der Waals surface area contributed by atoms with Gasteiger partial charge in [0.1, 0.15) is 11.3 Å². The molecule has 0 aliphatic heterocycles. The highest BCUT2D eigenvalue weighted by Crippen LogP contribution is 2.35. The van der Waals surface area contributed by atoms with Crippen LogP contribution in [0.3, 0.4) is 0 Å². The Morgan fingerprint density at radius 1 is 1.06 bits per heavy atom. The van der Waals surface area contributed by atoms with E-state index in [0.29, 0.717) is 16.9 Å². The zero-order valence-corrected chi connectivity index (χ0v) is 20.8. The summed E-state index contributed by atoms with van der Waals surface area (Å²) in [7, 11) is 1.61. The number of hydrogen-bond acceptors (Lipinski definition) is 4. The Morgan fingerprint density at radius 2 is 1.69 bits per heavy atom. The molecule has 3 rings (SSSR count). The maximum atomic E-state index is 13.1. The highest BCUT2D eigenvalue weighted by atomic mass is 16.5. The Kier molecular flexibility index (Phi) is 6.06. The molecule has 0 unspecified atom stereocenters. The first-order chi connectivity index (χ1) is 14.7. The summed E-state index contributed by atoms with van der Waals surface area (Å²) in [5.41, 5.74) is 2.53. The van der Waals surface area contributed by atoms with Crippen LogP contribution in [-0.4, -0.2) is 33.2 Å². The maximum absolute atomic E-state index is 13.1. The van der Waals surface area contributed by atoms with Crippen molar-refractivity contribution in [2.75, 3.05) is 17.7 Å². The first-order valence-electron chi connectivity index (χ1n) is 11.0. The van der Waals surface area contributed by atoms with Crippen molar-refractivity contribution in [1.82, 2.24) is 14.6 Å². The largest absolute Gasteiger partial charge is 0.497 e. The van der Waals surface area contributed by atoms with Crippen LogP contribution in [0.4, 0.5) is 11.5 Å². The van der Waals surface area contributed by atoms with Crippen LogP contribution in [0.2, 0.25) is 0 Å². The average Bonchev–Trinajstić information content (AvgIpc) is 3.20. The normalized spacial score (nSPS) is 12.8. The molecule has 3 N–H and O–H groups in total. The quantitative estimate of drug-likeness (QED) is 0.450. The fourth-order valence-corrected chi connectivity index (χ4v) is 4.29. The van der Waals surface area contributed by atoms with E-state index < -0.39 is 0 Å². The minimum atomic E-state index is -0.215. The number of aromatic nitrogens is 3. The molecule has 0 bridgehead atoms. The molecular formula is C25H37N5O2. The first kappa shape index (κ1) is 23.7. The van der Waals surface area contributed by atoms with Crippen LogP contribution in [0.15, 0.2) is 30.5 Å². The molecule has 1 aromatic carbocycles. The topological polar surface area (TPSA) is 83.5 Å².